The van der Waals surface area contributed by atoms with Gasteiger partial charge in [-0.3, -0.25) is 4.79 Å². The van der Waals surface area contributed by atoms with Crippen molar-refractivity contribution in [2.45, 2.75) is 27.3 Å². The van der Waals surface area contributed by atoms with E-state index < -0.39 is 0 Å². The van der Waals surface area contributed by atoms with Gasteiger partial charge in [0.15, 0.2) is 0 Å². The van der Waals surface area contributed by atoms with Crippen molar-refractivity contribution >= 4 is 28.6 Å². The quantitative estimate of drug-likeness (QED) is 0.883. The maximum absolute atomic E-state index is 11.7. The van der Waals surface area contributed by atoms with Crippen LogP contribution in [0.4, 0.5) is 11.4 Å². The molecule has 0 spiro atoms. The fourth-order valence-electron chi connectivity index (χ4n) is 1.66. The first-order chi connectivity index (χ1) is 9.54. The number of hydrogen-bond acceptors (Lipinski definition) is 4. The number of amides is 1. The molecule has 0 saturated heterocycles. The normalized spacial score (nSPS) is 10.6. The second kappa shape index (κ2) is 6.52. The SMILES string of the molecule is Cc1csc(CNc2cccc(NC(=O)C(C)C)c2)n1. The first-order valence-electron chi connectivity index (χ1n) is 6.60. The predicted molar refractivity (Wildman–Crippen MR) is 84.1 cm³/mol. The van der Waals surface area contributed by atoms with Crippen molar-refractivity contribution in [1.29, 1.82) is 0 Å². The number of nitrogens with one attached hydrogen (secondary N) is 2. The van der Waals surface area contributed by atoms with Crippen molar-refractivity contribution in [1.82, 2.24) is 4.98 Å². The average molecular weight is 289 g/mol. The molecule has 0 aliphatic rings. The smallest absolute Gasteiger partial charge is 0.226 e. The second-order valence-corrected chi connectivity index (χ2v) is 5.90. The summed E-state index contributed by atoms with van der Waals surface area (Å²) in [5.41, 5.74) is 2.83. The minimum absolute atomic E-state index is 0.0232. The average Bonchev–Trinajstić information content (AvgIpc) is 2.82. The van der Waals surface area contributed by atoms with Crippen molar-refractivity contribution in [2.75, 3.05) is 10.6 Å². The summed E-state index contributed by atoms with van der Waals surface area (Å²) in [6.07, 6.45) is 0. The van der Waals surface area contributed by atoms with Gasteiger partial charge < -0.3 is 10.6 Å². The van der Waals surface area contributed by atoms with E-state index in [1.807, 2.05) is 50.4 Å². The number of nitrogens with zero attached hydrogens (tertiary/aromatic N) is 1. The predicted octanol–water partition coefficient (Wildman–Crippen LogP) is 3.66. The number of aryl methyl sites for hydroxylation is 1. The highest BCUT2D eigenvalue weighted by Gasteiger charge is 2.07. The maximum Gasteiger partial charge on any atom is 0.226 e. The Labute approximate surface area is 123 Å². The Kier molecular flexibility index (Phi) is 4.74. The van der Waals surface area contributed by atoms with Crippen molar-refractivity contribution in [3.8, 4) is 0 Å². The molecule has 2 rings (SSSR count). The highest BCUT2D eigenvalue weighted by atomic mass is 32.1. The van der Waals surface area contributed by atoms with Gasteiger partial charge >= 0.3 is 0 Å². The van der Waals surface area contributed by atoms with Gasteiger partial charge in [0.1, 0.15) is 5.01 Å². The summed E-state index contributed by atoms with van der Waals surface area (Å²) in [6.45, 7) is 6.44. The summed E-state index contributed by atoms with van der Waals surface area (Å²) in [5, 5.41) is 9.30. The van der Waals surface area contributed by atoms with Gasteiger partial charge in [0, 0.05) is 28.4 Å². The van der Waals surface area contributed by atoms with Crippen molar-refractivity contribution in [3.05, 3.63) is 40.3 Å². The second-order valence-electron chi connectivity index (χ2n) is 4.96. The number of aromatic nitrogens is 1. The first-order valence-corrected chi connectivity index (χ1v) is 7.48. The molecule has 0 atom stereocenters. The standard InChI is InChI=1S/C15H19N3OS/c1-10(2)15(19)18-13-6-4-5-12(7-13)16-8-14-17-11(3)9-20-14/h4-7,9-10,16H,8H2,1-3H3,(H,18,19). The van der Waals surface area contributed by atoms with Gasteiger partial charge in [-0.2, -0.15) is 0 Å². The summed E-state index contributed by atoms with van der Waals surface area (Å²) in [4.78, 5) is 16.1. The molecule has 1 amide bonds. The van der Waals surface area contributed by atoms with E-state index in [2.05, 4.69) is 15.6 Å². The van der Waals surface area contributed by atoms with E-state index in [9.17, 15) is 4.79 Å². The summed E-state index contributed by atoms with van der Waals surface area (Å²) in [7, 11) is 0. The molecule has 0 fully saturated rings. The van der Waals surface area contributed by atoms with E-state index in [1.54, 1.807) is 11.3 Å². The van der Waals surface area contributed by atoms with E-state index >= 15 is 0 Å². The van der Waals surface area contributed by atoms with Gasteiger partial charge in [-0.1, -0.05) is 19.9 Å². The molecule has 0 aliphatic heterocycles. The third-order valence-corrected chi connectivity index (χ3v) is 3.73. The molecule has 2 N–H and O–H groups in total. The molecule has 1 aromatic carbocycles. The summed E-state index contributed by atoms with van der Waals surface area (Å²) in [5.74, 6) is 0.00241. The van der Waals surface area contributed by atoms with Crippen LogP contribution in [0.1, 0.15) is 24.5 Å². The van der Waals surface area contributed by atoms with Crippen LogP contribution in [-0.4, -0.2) is 10.9 Å². The highest BCUT2D eigenvalue weighted by Crippen LogP contribution is 2.17. The van der Waals surface area contributed by atoms with E-state index in [-0.39, 0.29) is 11.8 Å². The number of benzene rings is 1. The molecular formula is C15H19N3OS. The third kappa shape index (κ3) is 4.06. The fraction of sp³-hybridized carbons (Fsp3) is 0.333. The number of thiazole rings is 1. The lowest BCUT2D eigenvalue weighted by Gasteiger charge is -2.10. The molecule has 1 heterocycles. The van der Waals surface area contributed by atoms with Crippen LogP contribution >= 0.6 is 11.3 Å². The van der Waals surface area contributed by atoms with Crippen molar-refractivity contribution in [3.63, 3.8) is 0 Å². The van der Waals surface area contributed by atoms with E-state index in [0.29, 0.717) is 6.54 Å². The fourth-order valence-corrected chi connectivity index (χ4v) is 2.37. The monoisotopic (exact) mass is 289 g/mol. The van der Waals surface area contributed by atoms with Crippen molar-refractivity contribution in [2.24, 2.45) is 5.92 Å². The van der Waals surface area contributed by atoms with Gasteiger partial charge in [-0.05, 0) is 25.1 Å². The zero-order chi connectivity index (χ0) is 14.5. The molecular weight excluding hydrogens is 270 g/mol. The molecule has 0 aliphatic carbocycles. The lowest BCUT2D eigenvalue weighted by atomic mass is 10.2. The Bertz CT molecular complexity index is 592. The van der Waals surface area contributed by atoms with E-state index in [0.717, 1.165) is 22.1 Å². The van der Waals surface area contributed by atoms with Gasteiger partial charge in [0.25, 0.3) is 0 Å². The maximum atomic E-state index is 11.7. The molecule has 2 aromatic rings. The van der Waals surface area contributed by atoms with Crippen LogP contribution in [0, 0.1) is 12.8 Å². The van der Waals surface area contributed by atoms with Crippen LogP contribution < -0.4 is 10.6 Å². The summed E-state index contributed by atoms with van der Waals surface area (Å²) in [6, 6.07) is 7.72. The lowest BCUT2D eigenvalue weighted by Crippen LogP contribution is -2.17. The zero-order valence-electron chi connectivity index (χ0n) is 11.9. The van der Waals surface area contributed by atoms with E-state index in [4.69, 9.17) is 0 Å². The topological polar surface area (TPSA) is 54.0 Å². The van der Waals surface area contributed by atoms with Gasteiger partial charge in [-0.25, -0.2) is 4.98 Å². The Balaban J connectivity index is 1.97. The summed E-state index contributed by atoms with van der Waals surface area (Å²) >= 11 is 1.64. The van der Waals surface area contributed by atoms with Gasteiger partial charge in [0.05, 0.1) is 6.54 Å². The van der Waals surface area contributed by atoms with Crippen LogP contribution in [0.15, 0.2) is 29.6 Å². The minimum Gasteiger partial charge on any atom is -0.378 e. The molecule has 0 bridgehead atoms. The number of carbonyl (C=O) groups excluding carboxylic acids is 1. The zero-order valence-corrected chi connectivity index (χ0v) is 12.8. The Morgan fingerprint density at radius 1 is 1.35 bits per heavy atom. The molecule has 0 unspecified atom stereocenters. The Morgan fingerprint density at radius 3 is 2.75 bits per heavy atom. The number of rotatable bonds is 5. The molecule has 0 saturated carbocycles. The Hall–Kier alpha value is -1.88. The number of anilines is 2. The molecule has 0 radical (unpaired) electrons. The molecule has 1 aromatic heterocycles. The molecule has 4 nitrogen and oxygen atoms in total. The largest absolute Gasteiger partial charge is 0.378 e. The third-order valence-electron chi connectivity index (χ3n) is 2.76. The van der Waals surface area contributed by atoms with Gasteiger partial charge in [-0.15, -0.1) is 11.3 Å². The van der Waals surface area contributed by atoms with Crippen LogP contribution in [0.5, 0.6) is 0 Å². The summed E-state index contributed by atoms with van der Waals surface area (Å²) < 4.78 is 0. The van der Waals surface area contributed by atoms with Crippen LogP contribution in [0.3, 0.4) is 0 Å². The first kappa shape index (κ1) is 14.5. The van der Waals surface area contributed by atoms with Crippen LogP contribution in [0.25, 0.3) is 0 Å². The molecule has 106 valence electrons. The van der Waals surface area contributed by atoms with Crippen LogP contribution in [0.2, 0.25) is 0 Å². The van der Waals surface area contributed by atoms with E-state index in [1.165, 1.54) is 0 Å². The minimum atomic E-state index is -0.0232. The molecule has 20 heavy (non-hydrogen) atoms. The highest BCUT2D eigenvalue weighted by molar-refractivity contribution is 7.09. The molecule has 5 heteroatoms. The van der Waals surface area contributed by atoms with Gasteiger partial charge in [0.2, 0.25) is 5.91 Å². The van der Waals surface area contributed by atoms with Crippen LogP contribution in [-0.2, 0) is 11.3 Å². The Morgan fingerprint density at radius 2 is 2.10 bits per heavy atom. The number of carbonyl (C=O) groups is 1. The number of hydrogen-bond donors (Lipinski definition) is 2. The lowest BCUT2D eigenvalue weighted by molar-refractivity contribution is -0.118. The van der Waals surface area contributed by atoms with Crippen molar-refractivity contribution < 1.29 is 4.79 Å².